The summed E-state index contributed by atoms with van der Waals surface area (Å²) in [6.07, 6.45) is 2.59. The highest BCUT2D eigenvalue weighted by Crippen LogP contribution is 2.33. The quantitative estimate of drug-likeness (QED) is 0.319. The number of rotatable bonds is 9. The van der Waals surface area contributed by atoms with E-state index in [0.29, 0.717) is 52.4 Å². The molecule has 0 bridgehead atoms. The third kappa shape index (κ3) is 6.12. The molecule has 0 saturated carbocycles. The number of ether oxygens (including phenoxy) is 2. The van der Waals surface area contributed by atoms with Crippen LogP contribution in [0.3, 0.4) is 0 Å². The first-order valence-electron chi connectivity index (χ1n) is 11.6. The number of nitrogens with zero attached hydrogens (tertiary/aromatic N) is 2. The topological polar surface area (TPSA) is 79.6 Å². The average Bonchev–Trinajstić information content (AvgIpc) is 2.82. The Kier molecular flexibility index (Phi) is 8.73. The molecule has 0 unspecified atom stereocenters. The van der Waals surface area contributed by atoms with Crippen LogP contribution in [0, 0.1) is 17.2 Å². The van der Waals surface area contributed by atoms with E-state index in [2.05, 4.69) is 13.8 Å². The van der Waals surface area contributed by atoms with Gasteiger partial charge in [-0.25, -0.2) is 0 Å². The highest BCUT2D eigenvalue weighted by Gasteiger charge is 2.35. The molecular formula is C28H29ClN2O4. The van der Waals surface area contributed by atoms with E-state index in [-0.39, 0.29) is 17.7 Å². The van der Waals surface area contributed by atoms with Gasteiger partial charge in [0.05, 0.1) is 19.8 Å². The Bertz CT molecular complexity index is 1220. The number of carbonyl (C=O) groups is 2. The summed E-state index contributed by atoms with van der Waals surface area (Å²) in [6.45, 7) is 8.76. The van der Waals surface area contributed by atoms with Crippen molar-refractivity contribution >= 4 is 29.5 Å². The van der Waals surface area contributed by atoms with Crippen LogP contribution in [0.25, 0.3) is 6.08 Å². The summed E-state index contributed by atoms with van der Waals surface area (Å²) in [4.78, 5) is 27.4. The van der Waals surface area contributed by atoms with Gasteiger partial charge in [-0.05, 0) is 67.2 Å². The standard InChI is InChI=1S/C28H29ClN2O4/c1-5-34-26-15-20(10-11-25(26)35-13-12-18(2)3)14-22-19(4)23(16-30)28(33)31(27(22)32)17-21-8-6-7-9-24(21)29/h6-11,14-15,18H,5,12-13,17H2,1-4H3/b22-14+. The molecule has 0 fully saturated rings. The maximum Gasteiger partial charge on any atom is 0.271 e. The van der Waals surface area contributed by atoms with E-state index in [9.17, 15) is 14.9 Å². The number of imide groups is 1. The lowest BCUT2D eigenvalue weighted by atomic mass is 9.93. The van der Waals surface area contributed by atoms with E-state index in [0.717, 1.165) is 11.3 Å². The number of benzene rings is 2. The molecular weight excluding hydrogens is 464 g/mol. The lowest BCUT2D eigenvalue weighted by Gasteiger charge is -2.28. The van der Waals surface area contributed by atoms with E-state index in [1.807, 2.05) is 25.1 Å². The fourth-order valence-electron chi connectivity index (χ4n) is 3.64. The highest BCUT2D eigenvalue weighted by molar-refractivity contribution is 6.31. The van der Waals surface area contributed by atoms with Crippen LogP contribution in [0.4, 0.5) is 0 Å². The molecule has 0 aromatic heterocycles. The third-order valence-corrected chi connectivity index (χ3v) is 6.01. The van der Waals surface area contributed by atoms with Gasteiger partial charge in [0.1, 0.15) is 11.6 Å². The van der Waals surface area contributed by atoms with Crippen molar-refractivity contribution in [1.82, 2.24) is 4.90 Å². The Balaban J connectivity index is 1.98. The number of hydrogen-bond donors (Lipinski definition) is 0. The Morgan fingerprint density at radius 2 is 1.83 bits per heavy atom. The fraction of sp³-hybridized carbons (Fsp3) is 0.321. The third-order valence-electron chi connectivity index (χ3n) is 5.64. The molecule has 0 atom stereocenters. The molecule has 0 radical (unpaired) electrons. The largest absolute Gasteiger partial charge is 0.490 e. The van der Waals surface area contributed by atoms with Gasteiger partial charge in [-0.2, -0.15) is 5.26 Å². The second-order valence-electron chi connectivity index (χ2n) is 8.63. The minimum Gasteiger partial charge on any atom is -0.490 e. The van der Waals surface area contributed by atoms with Crippen molar-refractivity contribution in [2.45, 2.75) is 40.7 Å². The normalized spacial score (nSPS) is 15.1. The van der Waals surface area contributed by atoms with Crippen molar-refractivity contribution in [3.8, 4) is 17.6 Å². The van der Waals surface area contributed by atoms with Crippen molar-refractivity contribution in [3.63, 3.8) is 0 Å². The average molecular weight is 493 g/mol. The summed E-state index contributed by atoms with van der Waals surface area (Å²) in [5.41, 5.74) is 1.85. The minimum absolute atomic E-state index is 0.0278. The number of amides is 2. The Hall–Kier alpha value is -3.56. The van der Waals surface area contributed by atoms with E-state index in [1.165, 1.54) is 0 Å². The predicted octanol–water partition coefficient (Wildman–Crippen LogP) is 5.96. The van der Waals surface area contributed by atoms with E-state index in [4.69, 9.17) is 21.1 Å². The van der Waals surface area contributed by atoms with Crippen LogP contribution in [-0.2, 0) is 16.1 Å². The zero-order valence-electron chi connectivity index (χ0n) is 20.4. The maximum atomic E-state index is 13.4. The first kappa shape index (κ1) is 26.1. The zero-order valence-corrected chi connectivity index (χ0v) is 21.2. The van der Waals surface area contributed by atoms with E-state index >= 15 is 0 Å². The SMILES string of the molecule is CCOc1cc(/C=C2/C(=O)N(Cc3ccccc3Cl)C(=O)C(C#N)=C2C)ccc1OCCC(C)C. The number of nitriles is 1. The Morgan fingerprint density at radius 1 is 1.09 bits per heavy atom. The number of carbonyl (C=O) groups excluding carboxylic acids is 2. The van der Waals surface area contributed by atoms with Crippen molar-refractivity contribution < 1.29 is 19.1 Å². The molecule has 182 valence electrons. The lowest BCUT2D eigenvalue weighted by molar-refractivity contribution is -0.141. The maximum absolute atomic E-state index is 13.4. The van der Waals surface area contributed by atoms with Crippen LogP contribution in [0.2, 0.25) is 5.02 Å². The molecule has 0 saturated heterocycles. The molecule has 1 aliphatic heterocycles. The van der Waals surface area contributed by atoms with Gasteiger partial charge in [0.2, 0.25) is 0 Å². The molecule has 3 rings (SSSR count). The molecule has 2 aromatic rings. The summed E-state index contributed by atoms with van der Waals surface area (Å²) in [5, 5.41) is 10.1. The molecule has 0 aliphatic carbocycles. The second kappa shape index (κ2) is 11.7. The molecule has 1 heterocycles. The zero-order chi connectivity index (χ0) is 25.5. The Labute approximate surface area is 211 Å². The van der Waals surface area contributed by atoms with Gasteiger partial charge in [-0.15, -0.1) is 0 Å². The monoisotopic (exact) mass is 492 g/mol. The van der Waals surface area contributed by atoms with Gasteiger partial charge >= 0.3 is 0 Å². The summed E-state index contributed by atoms with van der Waals surface area (Å²) >= 11 is 6.25. The van der Waals surface area contributed by atoms with Crippen LogP contribution < -0.4 is 9.47 Å². The second-order valence-corrected chi connectivity index (χ2v) is 9.04. The van der Waals surface area contributed by atoms with Crippen molar-refractivity contribution in [3.05, 3.63) is 75.3 Å². The van der Waals surface area contributed by atoms with Crippen molar-refractivity contribution in [1.29, 1.82) is 5.26 Å². The summed E-state index contributed by atoms with van der Waals surface area (Å²) in [6, 6.07) is 14.4. The molecule has 1 aliphatic rings. The molecule has 2 aromatic carbocycles. The molecule has 0 spiro atoms. The van der Waals surface area contributed by atoms with Gasteiger partial charge in [0.25, 0.3) is 11.8 Å². The molecule has 7 heteroatoms. The minimum atomic E-state index is -0.629. The summed E-state index contributed by atoms with van der Waals surface area (Å²) in [7, 11) is 0. The molecule has 35 heavy (non-hydrogen) atoms. The van der Waals surface area contributed by atoms with Crippen LogP contribution in [0.1, 0.15) is 45.2 Å². The van der Waals surface area contributed by atoms with Gasteiger partial charge in [-0.3, -0.25) is 14.5 Å². The van der Waals surface area contributed by atoms with E-state index in [1.54, 1.807) is 43.3 Å². The summed E-state index contributed by atoms with van der Waals surface area (Å²) < 4.78 is 11.7. The van der Waals surface area contributed by atoms with Gasteiger partial charge in [0, 0.05) is 10.6 Å². The number of halogens is 1. The molecule has 0 N–H and O–H groups in total. The predicted molar refractivity (Wildman–Crippen MR) is 136 cm³/mol. The van der Waals surface area contributed by atoms with E-state index < -0.39 is 11.8 Å². The van der Waals surface area contributed by atoms with Gasteiger partial charge < -0.3 is 9.47 Å². The molecule has 2 amide bonds. The first-order chi connectivity index (χ1) is 16.8. The smallest absolute Gasteiger partial charge is 0.271 e. The Morgan fingerprint density at radius 3 is 2.49 bits per heavy atom. The van der Waals surface area contributed by atoms with Crippen molar-refractivity contribution in [2.24, 2.45) is 5.92 Å². The van der Waals surface area contributed by atoms with Gasteiger partial charge in [-0.1, -0.05) is 49.7 Å². The van der Waals surface area contributed by atoms with Crippen LogP contribution in [0.5, 0.6) is 11.5 Å². The van der Waals surface area contributed by atoms with Crippen molar-refractivity contribution in [2.75, 3.05) is 13.2 Å². The first-order valence-corrected chi connectivity index (χ1v) is 12.0. The van der Waals surface area contributed by atoms with Crippen LogP contribution in [-0.4, -0.2) is 29.9 Å². The highest BCUT2D eigenvalue weighted by atomic mass is 35.5. The fourth-order valence-corrected chi connectivity index (χ4v) is 3.84. The summed E-state index contributed by atoms with van der Waals surface area (Å²) in [5.74, 6) is 0.607. The molecule has 6 nitrogen and oxygen atoms in total. The van der Waals surface area contributed by atoms with Crippen LogP contribution >= 0.6 is 11.6 Å². The van der Waals surface area contributed by atoms with Crippen LogP contribution in [0.15, 0.2) is 59.2 Å². The number of hydrogen-bond acceptors (Lipinski definition) is 5. The van der Waals surface area contributed by atoms with Gasteiger partial charge in [0.15, 0.2) is 11.5 Å². The lowest BCUT2D eigenvalue weighted by Crippen LogP contribution is -2.42.